The van der Waals surface area contributed by atoms with Crippen LogP contribution in [-0.4, -0.2) is 26.4 Å². The largest absolute Gasteiger partial charge is 0.416 e. The zero-order valence-corrected chi connectivity index (χ0v) is 15.1. The number of H-pyrrole nitrogens is 1. The van der Waals surface area contributed by atoms with E-state index in [2.05, 4.69) is 15.0 Å². The minimum atomic E-state index is -4.65. The number of aromatic amines is 1. The third kappa shape index (κ3) is 4.04. The summed E-state index contributed by atoms with van der Waals surface area (Å²) >= 11 is 0. The number of nitrogens with zero attached hydrogens (tertiary/aromatic N) is 3. The van der Waals surface area contributed by atoms with Gasteiger partial charge in [-0.05, 0) is 29.8 Å². The lowest BCUT2D eigenvalue weighted by atomic mass is 10.0. The maximum atomic E-state index is 13.3. The second-order valence-corrected chi connectivity index (χ2v) is 6.84. The van der Waals surface area contributed by atoms with E-state index in [-0.39, 0.29) is 24.2 Å². The Morgan fingerprint density at radius 1 is 1.21 bits per heavy atom. The molecule has 150 valence electrons. The molecule has 3 aromatic rings. The van der Waals surface area contributed by atoms with Gasteiger partial charge in [-0.3, -0.25) is 14.7 Å². The van der Waals surface area contributed by atoms with E-state index < -0.39 is 17.6 Å². The summed E-state index contributed by atoms with van der Waals surface area (Å²) < 4.78 is 53.0. The number of hydrogen-bond acceptors (Lipinski definition) is 4. The van der Waals surface area contributed by atoms with Gasteiger partial charge in [0.25, 0.3) is 5.56 Å². The first-order valence-electron chi connectivity index (χ1n) is 8.92. The monoisotopic (exact) mass is 404 g/mol. The number of hydrogen-bond donors (Lipinski definition) is 1. The average molecular weight is 404 g/mol. The first-order chi connectivity index (χ1) is 13.8. The van der Waals surface area contributed by atoms with E-state index in [0.29, 0.717) is 41.7 Å². The molecule has 1 N–H and O–H groups in total. The molecule has 4 rings (SSSR count). The number of benzene rings is 1. The summed E-state index contributed by atoms with van der Waals surface area (Å²) in [4.78, 5) is 25.5. The highest BCUT2D eigenvalue weighted by Crippen LogP contribution is 2.33. The number of nitrogens with one attached hydrogen (secondary N) is 1. The van der Waals surface area contributed by atoms with Gasteiger partial charge in [0, 0.05) is 44.0 Å². The van der Waals surface area contributed by atoms with Crippen molar-refractivity contribution in [3.05, 3.63) is 81.3 Å². The molecule has 2 aromatic heterocycles. The van der Waals surface area contributed by atoms with Gasteiger partial charge in [0.2, 0.25) is 0 Å². The molecular weight excluding hydrogens is 388 g/mol. The Hall–Kier alpha value is -3.07. The first kappa shape index (κ1) is 19.3. The summed E-state index contributed by atoms with van der Waals surface area (Å²) in [7, 11) is 0. The molecule has 0 atom stereocenters. The first-order valence-corrected chi connectivity index (χ1v) is 8.92. The van der Waals surface area contributed by atoms with Crippen molar-refractivity contribution in [3.63, 3.8) is 0 Å². The Bertz CT molecular complexity index is 1100. The van der Waals surface area contributed by atoms with Crippen molar-refractivity contribution in [1.29, 1.82) is 0 Å². The fraction of sp³-hybridized carbons (Fsp3) is 0.250. The van der Waals surface area contributed by atoms with Crippen LogP contribution in [0.3, 0.4) is 0 Å². The highest BCUT2D eigenvalue weighted by atomic mass is 19.4. The van der Waals surface area contributed by atoms with E-state index in [1.807, 2.05) is 0 Å². The smallest absolute Gasteiger partial charge is 0.306 e. The summed E-state index contributed by atoms with van der Waals surface area (Å²) in [6.07, 6.45) is -1.02. The van der Waals surface area contributed by atoms with Gasteiger partial charge in [-0.15, -0.1) is 0 Å². The molecule has 1 aromatic carbocycles. The van der Waals surface area contributed by atoms with E-state index in [9.17, 15) is 22.4 Å². The second kappa shape index (κ2) is 7.40. The summed E-state index contributed by atoms with van der Waals surface area (Å²) in [5.41, 5.74) is 0.379. The second-order valence-electron chi connectivity index (χ2n) is 6.84. The van der Waals surface area contributed by atoms with Gasteiger partial charge in [0.1, 0.15) is 11.6 Å². The topological polar surface area (TPSA) is 61.9 Å². The highest BCUT2D eigenvalue weighted by Gasteiger charge is 2.34. The van der Waals surface area contributed by atoms with Crippen LogP contribution in [0.5, 0.6) is 0 Å². The Morgan fingerprint density at radius 3 is 2.76 bits per heavy atom. The molecule has 0 unspecified atom stereocenters. The molecule has 0 saturated carbocycles. The standard InChI is InChI=1S/C20H16F4N4O/c21-14-4-3-13(16(8-14)20(22,23)24)10-28-7-5-17-15(11-28)19(29)27-18(26-17)12-2-1-6-25-9-12/h1-4,6,8-9H,5,7,10-11H2,(H,26,27,29). The molecule has 0 amide bonds. The maximum absolute atomic E-state index is 13.3. The molecule has 0 fully saturated rings. The van der Waals surface area contributed by atoms with Crippen molar-refractivity contribution < 1.29 is 17.6 Å². The van der Waals surface area contributed by atoms with Crippen LogP contribution in [0.4, 0.5) is 17.6 Å². The highest BCUT2D eigenvalue weighted by molar-refractivity contribution is 5.53. The predicted molar refractivity (Wildman–Crippen MR) is 97.3 cm³/mol. The fourth-order valence-electron chi connectivity index (χ4n) is 3.45. The molecule has 0 spiro atoms. The van der Waals surface area contributed by atoms with Gasteiger partial charge in [-0.25, -0.2) is 9.37 Å². The van der Waals surface area contributed by atoms with Gasteiger partial charge in [-0.2, -0.15) is 13.2 Å². The Labute approximate surface area is 163 Å². The molecular formula is C20H16F4N4O. The summed E-state index contributed by atoms with van der Waals surface area (Å²) in [6.45, 7) is 0.558. The van der Waals surface area contributed by atoms with E-state index in [1.165, 1.54) is 0 Å². The van der Waals surface area contributed by atoms with Crippen molar-refractivity contribution in [2.24, 2.45) is 0 Å². The van der Waals surface area contributed by atoms with Gasteiger partial charge >= 0.3 is 6.18 Å². The van der Waals surface area contributed by atoms with Crippen LogP contribution < -0.4 is 5.56 Å². The molecule has 29 heavy (non-hydrogen) atoms. The molecule has 1 aliphatic rings. The van der Waals surface area contributed by atoms with Crippen LogP contribution in [0, 0.1) is 5.82 Å². The Kier molecular flexibility index (Phi) is 4.91. The lowest BCUT2D eigenvalue weighted by molar-refractivity contribution is -0.138. The van der Waals surface area contributed by atoms with Crippen LogP contribution in [0.25, 0.3) is 11.4 Å². The van der Waals surface area contributed by atoms with Crippen molar-refractivity contribution in [1.82, 2.24) is 19.9 Å². The number of halogens is 4. The SMILES string of the molecule is O=c1[nH]c(-c2cccnc2)nc2c1CN(Cc1ccc(F)cc1C(F)(F)F)CC2. The zero-order valence-electron chi connectivity index (χ0n) is 15.1. The molecule has 9 heteroatoms. The van der Waals surface area contributed by atoms with Crippen molar-refractivity contribution in [3.8, 4) is 11.4 Å². The van der Waals surface area contributed by atoms with Crippen molar-refractivity contribution in [2.45, 2.75) is 25.7 Å². The number of fused-ring (bicyclic) bond motifs is 1. The third-order valence-electron chi connectivity index (χ3n) is 4.85. The summed E-state index contributed by atoms with van der Waals surface area (Å²) in [5.74, 6) is -0.526. The minimum absolute atomic E-state index is 0.0290. The van der Waals surface area contributed by atoms with Gasteiger partial charge in [0.05, 0.1) is 16.8 Å². The normalized spacial score (nSPS) is 14.6. The molecule has 0 bridgehead atoms. The molecule has 1 aliphatic heterocycles. The van der Waals surface area contributed by atoms with E-state index in [4.69, 9.17) is 0 Å². The molecule has 5 nitrogen and oxygen atoms in total. The van der Waals surface area contributed by atoms with E-state index >= 15 is 0 Å². The van der Waals surface area contributed by atoms with Crippen LogP contribution in [-0.2, 0) is 25.7 Å². The molecule has 0 saturated heterocycles. The molecule has 0 aliphatic carbocycles. The molecule has 3 heterocycles. The minimum Gasteiger partial charge on any atom is -0.306 e. The van der Waals surface area contributed by atoms with Crippen molar-refractivity contribution in [2.75, 3.05) is 6.54 Å². The summed E-state index contributed by atoms with van der Waals surface area (Å²) in [6, 6.07) is 6.16. The van der Waals surface area contributed by atoms with Crippen LogP contribution in [0.1, 0.15) is 22.4 Å². The quantitative estimate of drug-likeness (QED) is 0.679. The number of rotatable bonds is 3. The van der Waals surface area contributed by atoms with Crippen LogP contribution in [0.15, 0.2) is 47.5 Å². The lowest BCUT2D eigenvalue weighted by Gasteiger charge is -2.28. The van der Waals surface area contributed by atoms with E-state index in [1.54, 1.807) is 29.4 Å². The Morgan fingerprint density at radius 2 is 2.03 bits per heavy atom. The maximum Gasteiger partial charge on any atom is 0.416 e. The Balaban J connectivity index is 1.60. The van der Waals surface area contributed by atoms with Crippen molar-refractivity contribution >= 4 is 0 Å². The van der Waals surface area contributed by atoms with Gasteiger partial charge < -0.3 is 4.98 Å². The van der Waals surface area contributed by atoms with E-state index in [0.717, 1.165) is 12.1 Å². The summed E-state index contributed by atoms with van der Waals surface area (Å²) in [5, 5.41) is 0. The fourth-order valence-corrected chi connectivity index (χ4v) is 3.45. The lowest BCUT2D eigenvalue weighted by Crippen LogP contribution is -2.36. The number of pyridine rings is 1. The zero-order chi connectivity index (χ0) is 20.6. The van der Waals surface area contributed by atoms with Gasteiger partial charge in [-0.1, -0.05) is 6.07 Å². The average Bonchev–Trinajstić information content (AvgIpc) is 2.69. The van der Waals surface area contributed by atoms with Crippen LogP contribution in [0.2, 0.25) is 0 Å². The number of alkyl halides is 3. The van der Waals surface area contributed by atoms with Crippen LogP contribution >= 0.6 is 0 Å². The predicted octanol–water partition coefficient (Wildman–Crippen LogP) is 3.55. The number of aromatic nitrogens is 3. The van der Waals surface area contributed by atoms with Gasteiger partial charge in [0.15, 0.2) is 0 Å². The molecule has 0 radical (unpaired) electrons. The third-order valence-corrected chi connectivity index (χ3v) is 4.85.